The van der Waals surface area contributed by atoms with Crippen molar-refractivity contribution < 1.29 is 5.11 Å². The Hall–Kier alpha value is -0.0400. The molecule has 1 N–H and O–H groups in total. The van der Waals surface area contributed by atoms with E-state index in [2.05, 4.69) is 34.6 Å². The second kappa shape index (κ2) is 11.5. The van der Waals surface area contributed by atoms with Crippen LogP contribution in [0.25, 0.3) is 0 Å². The van der Waals surface area contributed by atoms with Crippen molar-refractivity contribution in [2.24, 2.45) is 10.8 Å². The van der Waals surface area contributed by atoms with E-state index in [0.29, 0.717) is 17.4 Å². The van der Waals surface area contributed by atoms with E-state index in [0.717, 1.165) is 6.42 Å². The molecule has 0 aromatic carbocycles. The zero-order valence-corrected chi connectivity index (χ0v) is 15.6. The van der Waals surface area contributed by atoms with Crippen molar-refractivity contribution in [1.29, 1.82) is 0 Å². The molecule has 0 aliphatic heterocycles. The highest BCUT2D eigenvalue weighted by atomic mass is 16.2. The fraction of sp³-hybridized carbons (Fsp3) is 1.00. The molecule has 1 nitrogen and oxygen atoms in total. The van der Waals surface area contributed by atoms with E-state index < -0.39 is 0 Å². The van der Waals surface area contributed by atoms with Gasteiger partial charge in [0.1, 0.15) is 0 Å². The standard InChI is InChI=1S/C20H42O/c1-19(2,3)15-14-17-20(4,5)16-12-10-8-6-7-9-11-13-18-21/h21H,6-18H2,1-5H3. The van der Waals surface area contributed by atoms with Crippen LogP contribution in [0.5, 0.6) is 0 Å². The molecule has 0 radical (unpaired) electrons. The molecule has 0 atom stereocenters. The van der Waals surface area contributed by atoms with Gasteiger partial charge in [0.2, 0.25) is 0 Å². The lowest BCUT2D eigenvalue weighted by atomic mass is 9.79. The summed E-state index contributed by atoms with van der Waals surface area (Å²) >= 11 is 0. The SMILES string of the molecule is CC(C)(C)CCCC(C)(C)CCCCCCCCCCO. The average Bonchev–Trinajstić information content (AvgIpc) is 2.35. The molecule has 0 rings (SSSR count). The van der Waals surface area contributed by atoms with Crippen molar-refractivity contribution in [3.05, 3.63) is 0 Å². The molecule has 0 aliphatic carbocycles. The second-order valence-electron chi connectivity index (χ2n) is 8.88. The minimum atomic E-state index is 0.365. The van der Waals surface area contributed by atoms with E-state index in [1.807, 2.05) is 0 Å². The van der Waals surface area contributed by atoms with E-state index in [1.54, 1.807) is 0 Å². The number of hydrogen-bond acceptors (Lipinski definition) is 1. The van der Waals surface area contributed by atoms with Crippen LogP contribution in [0.1, 0.15) is 112 Å². The summed E-state index contributed by atoms with van der Waals surface area (Å²) in [6.45, 7) is 12.3. The first kappa shape index (κ1) is 21.0. The van der Waals surface area contributed by atoms with Crippen molar-refractivity contribution in [3.63, 3.8) is 0 Å². The molecular formula is C20H42O. The van der Waals surface area contributed by atoms with Crippen LogP contribution in [0.2, 0.25) is 0 Å². The van der Waals surface area contributed by atoms with Crippen molar-refractivity contribution in [2.75, 3.05) is 6.61 Å². The largest absolute Gasteiger partial charge is 0.396 e. The zero-order valence-electron chi connectivity index (χ0n) is 15.6. The van der Waals surface area contributed by atoms with E-state index in [4.69, 9.17) is 5.11 Å². The summed E-state index contributed by atoms with van der Waals surface area (Å²) < 4.78 is 0. The maximum atomic E-state index is 8.72. The van der Waals surface area contributed by atoms with Crippen LogP contribution >= 0.6 is 0 Å². The third kappa shape index (κ3) is 16.2. The van der Waals surface area contributed by atoms with Gasteiger partial charge in [-0.1, -0.05) is 86.0 Å². The molecule has 0 saturated heterocycles. The summed E-state index contributed by atoms with van der Waals surface area (Å²) in [5.74, 6) is 0. The Bertz CT molecular complexity index is 224. The topological polar surface area (TPSA) is 20.2 Å². The van der Waals surface area contributed by atoms with Crippen LogP contribution in [-0.4, -0.2) is 11.7 Å². The summed E-state index contributed by atoms with van der Waals surface area (Å²) in [5, 5.41) is 8.72. The molecule has 0 saturated carbocycles. The van der Waals surface area contributed by atoms with Crippen LogP contribution < -0.4 is 0 Å². The molecule has 0 heterocycles. The van der Waals surface area contributed by atoms with Gasteiger partial charge in [-0.05, 0) is 36.5 Å². The average molecular weight is 299 g/mol. The van der Waals surface area contributed by atoms with Crippen LogP contribution in [-0.2, 0) is 0 Å². The predicted octanol–water partition coefficient (Wildman–Crippen LogP) is 6.73. The van der Waals surface area contributed by atoms with Crippen molar-refractivity contribution in [1.82, 2.24) is 0 Å². The Morgan fingerprint density at radius 3 is 1.43 bits per heavy atom. The van der Waals surface area contributed by atoms with Gasteiger partial charge < -0.3 is 5.11 Å². The van der Waals surface area contributed by atoms with Gasteiger partial charge in [0.25, 0.3) is 0 Å². The lowest BCUT2D eigenvalue weighted by Crippen LogP contribution is -2.13. The second-order valence-corrected chi connectivity index (χ2v) is 8.88. The Balaban J connectivity index is 3.44. The van der Waals surface area contributed by atoms with Gasteiger partial charge in [-0.15, -0.1) is 0 Å². The lowest BCUT2D eigenvalue weighted by Gasteiger charge is -2.27. The summed E-state index contributed by atoms with van der Waals surface area (Å²) in [6.07, 6.45) is 15.9. The molecule has 0 aromatic rings. The van der Waals surface area contributed by atoms with Gasteiger partial charge in [-0.25, -0.2) is 0 Å². The number of hydrogen-bond donors (Lipinski definition) is 1. The Morgan fingerprint density at radius 2 is 0.952 bits per heavy atom. The first-order valence-electron chi connectivity index (χ1n) is 9.38. The summed E-state index contributed by atoms with van der Waals surface area (Å²) in [7, 11) is 0. The fourth-order valence-electron chi connectivity index (χ4n) is 3.00. The van der Waals surface area contributed by atoms with E-state index in [-0.39, 0.29) is 0 Å². The number of rotatable bonds is 13. The first-order chi connectivity index (χ1) is 9.77. The molecule has 0 spiro atoms. The normalized spacial score (nSPS) is 12.9. The third-order valence-electron chi connectivity index (χ3n) is 4.54. The molecule has 0 aromatic heterocycles. The van der Waals surface area contributed by atoms with Crippen molar-refractivity contribution in [3.8, 4) is 0 Å². The molecule has 0 aliphatic rings. The highest BCUT2D eigenvalue weighted by molar-refractivity contribution is 4.71. The Kier molecular flexibility index (Phi) is 11.5. The number of aliphatic hydroxyl groups is 1. The molecule has 21 heavy (non-hydrogen) atoms. The minimum absolute atomic E-state index is 0.365. The fourth-order valence-corrected chi connectivity index (χ4v) is 3.00. The minimum Gasteiger partial charge on any atom is -0.396 e. The molecule has 128 valence electrons. The van der Waals surface area contributed by atoms with Crippen LogP contribution in [0, 0.1) is 10.8 Å². The summed E-state index contributed by atoms with van der Waals surface area (Å²) in [6, 6.07) is 0. The van der Waals surface area contributed by atoms with Gasteiger partial charge in [-0.3, -0.25) is 0 Å². The molecule has 0 amide bonds. The van der Waals surface area contributed by atoms with E-state index in [1.165, 1.54) is 70.6 Å². The molecule has 0 unspecified atom stereocenters. The first-order valence-corrected chi connectivity index (χ1v) is 9.38. The summed E-state index contributed by atoms with van der Waals surface area (Å²) in [5.41, 5.74) is 1.03. The quantitative estimate of drug-likeness (QED) is 0.374. The number of aliphatic hydroxyl groups excluding tert-OH is 1. The number of unbranched alkanes of at least 4 members (excludes halogenated alkanes) is 7. The molecule has 0 bridgehead atoms. The van der Waals surface area contributed by atoms with Crippen LogP contribution in [0.15, 0.2) is 0 Å². The Morgan fingerprint density at radius 1 is 0.524 bits per heavy atom. The van der Waals surface area contributed by atoms with Gasteiger partial charge >= 0.3 is 0 Å². The smallest absolute Gasteiger partial charge is 0.0431 e. The van der Waals surface area contributed by atoms with E-state index >= 15 is 0 Å². The highest BCUT2D eigenvalue weighted by Gasteiger charge is 2.18. The van der Waals surface area contributed by atoms with Crippen LogP contribution in [0.3, 0.4) is 0 Å². The maximum absolute atomic E-state index is 8.72. The monoisotopic (exact) mass is 298 g/mol. The third-order valence-corrected chi connectivity index (χ3v) is 4.54. The molecule has 1 heteroatoms. The lowest BCUT2D eigenvalue weighted by molar-refractivity contribution is 0.257. The maximum Gasteiger partial charge on any atom is 0.0431 e. The molecule has 0 fully saturated rings. The van der Waals surface area contributed by atoms with Crippen molar-refractivity contribution in [2.45, 2.75) is 112 Å². The van der Waals surface area contributed by atoms with Gasteiger partial charge in [-0.2, -0.15) is 0 Å². The van der Waals surface area contributed by atoms with Gasteiger partial charge in [0, 0.05) is 6.61 Å². The van der Waals surface area contributed by atoms with Crippen LogP contribution in [0.4, 0.5) is 0 Å². The highest BCUT2D eigenvalue weighted by Crippen LogP contribution is 2.32. The zero-order chi connectivity index (χ0) is 16.2. The van der Waals surface area contributed by atoms with Gasteiger partial charge in [0.15, 0.2) is 0 Å². The summed E-state index contributed by atoms with van der Waals surface area (Å²) in [4.78, 5) is 0. The Labute approximate surface area is 134 Å². The van der Waals surface area contributed by atoms with Crippen molar-refractivity contribution >= 4 is 0 Å². The van der Waals surface area contributed by atoms with E-state index in [9.17, 15) is 0 Å². The van der Waals surface area contributed by atoms with Gasteiger partial charge in [0.05, 0.1) is 0 Å². The predicted molar refractivity (Wildman–Crippen MR) is 95.7 cm³/mol. The molecular weight excluding hydrogens is 256 g/mol.